The zero-order valence-corrected chi connectivity index (χ0v) is 11.8. The summed E-state index contributed by atoms with van der Waals surface area (Å²) in [5.41, 5.74) is 0.0622. The summed E-state index contributed by atoms with van der Waals surface area (Å²) in [7, 11) is 0. The molecule has 0 aromatic carbocycles. The van der Waals surface area contributed by atoms with Gasteiger partial charge in [-0.15, -0.1) is 0 Å². The van der Waals surface area contributed by atoms with Gasteiger partial charge in [0.15, 0.2) is 0 Å². The molecule has 2 fully saturated rings. The minimum atomic E-state index is -0.538. The van der Waals surface area contributed by atoms with E-state index >= 15 is 0 Å². The zero-order chi connectivity index (χ0) is 13.0. The smallest absolute Gasteiger partial charge is 0.307 e. The van der Waals surface area contributed by atoms with Crippen molar-refractivity contribution in [2.75, 3.05) is 0 Å². The van der Waals surface area contributed by atoms with E-state index in [2.05, 4.69) is 6.92 Å². The van der Waals surface area contributed by atoms with Crippen LogP contribution in [0.15, 0.2) is 0 Å². The third-order valence-corrected chi connectivity index (χ3v) is 5.59. The highest BCUT2D eigenvalue weighted by atomic mass is 16.4. The molecule has 2 heteroatoms. The molecule has 1 N–H and O–H groups in total. The molecule has 0 aromatic rings. The molecule has 0 aromatic heterocycles. The Morgan fingerprint density at radius 3 is 2.11 bits per heavy atom. The fourth-order valence-electron chi connectivity index (χ4n) is 4.37. The maximum absolute atomic E-state index is 11.7. The Hall–Kier alpha value is -0.530. The molecule has 104 valence electrons. The Labute approximate surface area is 111 Å². The van der Waals surface area contributed by atoms with E-state index in [-0.39, 0.29) is 11.3 Å². The number of carboxylic acid groups (broad SMARTS) is 1. The molecule has 2 unspecified atom stereocenters. The lowest BCUT2D eigenvalue weighted by molar-refractivity contribution is -0.148. The van der Waals surface area contributed by atoms with Crippen LogP contribution in [0.1, 0.15) is 77.6 Å². The van der Waals surface area contributed by atoms with Gasteiger partial charge in [0, 0.05) is 0 Å². The quantitative estimate of drug-likeness (QED) is 0.728. The second kappa shape index (κ2) is 6.08. The molecule has 0 radical (unpaired) electrons. The summed E-state index contributed by atoms with van der Waals surface area (Å²) in [6.07, 6.45) is 13.5. The minimum Gasteiger partial charge on any atom is -0.481 e. The highest BCUT2D eigenvalue weighted by Gasteiger charge is 2.44. The lowest BCUT2D eigenvalue weighted by Crippen LogP contribution is -2.39. The second-order valence-electron chi connectivity index (χ2n) is 6.68. The number of rotatable bonds is 2. The third-order valence-electron chi connectivity index (χ3n) is 5.59. The third kappa shape index (κ3) is 2.89. The number of hydrogen-bond donors (Lipinski definition) is 1. The first-order valence-corrected chi connectivity index (χ1v) is 7.87. The number of aliphatic carboxylic acids is 1. The van der Waals surface area contributed by atoms with E-state index in [1.54, 1.807) is 0 Å². The topological polar surface area (TPSA) is 37.3 Å². The minimum absolute atomic E-state index is 0.0622. The van der Waals surface area contributed by atoms with Gasteiger partial charge in [0.2, 0.25) is 0 Å². The molecule has 0 bridgehead atoms. The molecular weight excluding hydrogens is 224 g/mol. The maximum Gasteiger partial charge on any atom is 0.307 e. The van der Waals surface area contributed by atoms with Gasteiger partial charge in [0.05, 0.1) is 5.92 Å². The summed E-state index contributed by atoms with van der Waals surface area (Å²) < 4.78 is 0. The molecule has 2 atom stereocenters. The summed E-state index contributed by atoms with van der Waals surface area (Å²) in [5.74, 6) is 0.0194. The maximum atomic E-state index is 11.7. The first-order chi connectivity index (χ1) is 8.64. The Kier molecular flexibility index (Phi) is 4.69. The Bertz CT molecular complexity index is 279. The van der Waals surface area contributed by atoms with Crippen molar-refractivity contribution < 1.29 is 9.90 Å². The van der Waals surface area contributed by atoms with E-state index in [9.17, 15) is 9.90 Å². The van der Waals surface area contributed by atoms with E-state index in [4.69, 9.17) is 0 Å². The Morgan fingerprint density at radius 1 is 0.944 bits per heavy atom. The van der Waals surface area contributed by atoms with Gasteiger partial charge < -0.3 is 5.11 Å². The van der Waals surface area contributed by atoms with Crippen molar-refractivity contribution >= 4 is 5.97 Å². The molecule has 0 heterocycles. The van der Waals surface area contributed by atoms with Crippen molar-refractivity contribution in [1.29, 1.82) is 0 Å². The molecule has 18 heavy (non-hydrogen) atoms. The van der Waals surface area contributed by atoms with Gasteiger partial charge in [-0.2, -0.15) is 0 Å². The van der Waals surface area contributed by atoms with Crippen LogP contribution >= 0.6 is 0 Å². The van der Waals surface area contributed by atoms with E-state index < -0.39 is 5.97 Å². The molecule has 2 aliphatic carbocycles. The molecule has 2 rings (SSSR count). The van der Waals surface area contributed by atoms with Crippen LogP contribution in [-0.2, 0) is 4.79 Å². The first kappa shape index (κ1) is 13.9. The van der Waals surface area contributed by atoms with Crippen LogP contribution in [0.3, 0.4) is 0 Å². The molecular formula is C16H28O2. The van der Waals surface area contributed by atoms with E-state index in [1.165, 1.54) is 51.4 Å². The summed E-state index contributed by atoms with van der Waals surface area (Å²) in [5, 5.41) is 9.60. The molecule has 2 aliphatic rings. The van der Waals surface area contributed by atoms with Crippen LogP contribution in [0, 0.1) is 17.3 Å². The van der Waals surface area contributed by atoms with Crippen molar-refractivity contribution in [3.05, 3.63) is 0 Å². The van der Waals surface area contributed by atoms with Crippen LogP contribution in [0.4, 0.5) is 0 Å². The number of carbonyl (C=O) groups is 1. The van der Waals surface area contributed by atoms with Gasteiger partial charge >= 0.3 is 5.97 Å². The van der Waals surface area contributed by atoms with Crippen LogP contribution in [0.25, 0.3) is 0 Å². The molecule has 2 saturated carbocycles. The molecule has 0 saturated heterocycles. The van der Waals surface area contributed by atoms with E-state index in [0.29, 0.717) is 5.92 Å². The van der Waals surface area contributed by atoms with Gasteiger partial charge in [-0.25, -0.2) is 0 Å². The summed E-state index contributed by atoms with van der Waals surface area (Å²) in [6, 6.07) is 0. The largest absolute Gasteiger partial charge is 0.481 e. The molecule has 0 aliphatic heterocycles. The molecule has 0 spiro atoms. The zero-order valence-electron chi connectivity index (χ0n) is 11.8. The lowest BCUT2D eigenvalue weighted by Gasteiger charge is -2.41. The first-order valence-electron chi connectivity index (χ1n) is 7.87. The van der Waals surface area contributed by atoms with Gasteiger partial charge in [0.25, 0.3) is 0 Å². The van der Waals surface area contributed by atoms with Crippen molar-refractivity contribution in [3.63, 3.8) is 0 Å². The average Bonchev–Trinajstić information content (AvgIpc) is 2.69. The fraction of sp³-hybridized carbons (Fsp3) is 0.938. The molecule has 0 amide bonds. The van der Waals surface area contributed by atoms with Gasteiger partial charge in [-0.1, -0.05) is 51.9 Å². The van der Waals surface area contributed by atoms with Crippen molar-refractivity contribution in [2.24, 2.45) is 17.3 Å². The van der Waals surface area contributed by atoms with Crippen LogP contribution in [-0.4, -0.2) is 11.1 Å². The highest BCUT2D eigenvalue weighted by Crippen LogP contribution is 2.49. The van der Waals surface area contributed by atoms with Gasteiger partial charge in [-0.3, -0.25) is 4.79 Å². The standard InChI is InChI=1S/C16H28O2/c1-16(13-9-5-2-3-6-10-13)12-8-4-7-11-14(16)15(17)18/h13-14H,2-12H2,1H3,(H,17,18). The SMILES string of the molecule is CC1(C2CCCCCC2)CCCCCC1C(=O)O. The van der Waals surface area contributed by atoms with Crippen LogP contribution in [0.2, 0.25) is 0 Å². The lowest BCUT2D eigenvalue weighted by atomic mass is 9.63. The second-order valence-corrected chi connectivity index (χ2v) is 6.68. The van der Waals surface area contributed by atoms with Gasteiger partial charge in [-0.05, 0) is 37.0 Å². The van der Waals surface area contributed by atoms with Crippen molar-refractivity contribution in [3.8, 4) is 0 Å². The average molecular weight is 252 g/mol. The van der Waals surface area contributed by atoms with Gasteiger partial charge in [0.1, 0.15) is 0 Å². The van der Waals surface area contributed by atoms with Crippen molar-refractivity contribution in [2.45, 2.75) is 77.6 Å². The Balaban J connectivity index is 2.18. The van der Waals surface area contributed by atoms with E-state index in [1.807, 2.05) is 0 Å². The monoisotopic (exact) mass is 252 g/mol. The van der Waals surface area contributed by atoms with Crippen molar-refractivity contribution in [1.82, 2.24) is 0 Å². The summed E-state index contributed by atoms with van der Waals surface area (Å²) in [6.45, 7) is 2.28. The Morgan fingerprint density at radius 2 is 1.50 bits per heavy atom. The normalized spacial score (nSPS) is 35.7. The number of hydrogen-bond acceptors (Lipinski definition) is 1. The van der Waals surface area contributed by atoms with E-state index in [0.717, 1.165) is 19.3 Å². The fourth-order valence-corrected chi connectivity index (χ4v) is 4.37. The van der Waals surface area contributed by atoms with Crippen LogP contribution < -0.4 is 0 Å². The molecule has 2 nitrogen and oxygen atoms in total. The summed E-state index contributed by atoms with van der Waals surface area (Å²) in [4.78, 5) is 11.7. The predicted molar refractivity (Wildman–Crippen MR) is 73.5 cm³/mol. The predicted octanol–water partition coefficient (Wildman–Crippen LogP) is 4.63. The highest BCUT2D eigenvalue weighted by molar-refractivity contribution is 5.71. The number of carboxylic acids is 1. The van der Waals surface area contributed by atoms with Crippen LogP contribution in [0.5, 0.6) is 0 Å². The summed E-state index contributed by atoms with van der Waals surface area (Å²) >= 11 is 0.